The zero-order valence-electron chi connectivity index (χ0n) is 19.1. The van der Waals surface area contributed by atoms with Crippen molar-refractivity contribution >= 4 is 44.8 Å². The zero-order chi connectivity index (χ0) is 26.5. The summed E-state index contributed by atoms with van der Waals surface area (Å²) in [4.78, 5) is 17.6. The largest absolute Gasteiger partial charge is 0.416 e. The third-order valence-electron chi connectivity index (χ3n) is 5.15. The Bertz CT molecular complexity index is 1260. The van der Waals surface area contributed by atoms with Crippen LogP contribution in [-0.2, 0) is 27.4 Å². The van der Waals surface area contributed by atoms with Crippen LogP contribution < -0.4 is 10.6 Å². The average Bonchev–Trinajstić information content (AvgIpc) is 3.33. The third-order valence-corrected chi connectivity index (χ3v) is 7.62. The van der Waals surface area contributed by atoms with E-state index in [0.717, 1.165) is 30.1 Å². The summed E-state index contributed by atoms with van der Waals surface area (Å²) in [5, 5.41) is 4.55. The minimum Gasteiger partial charge on any atom is -0.368 e. The minimum atomic E-state index is -4.72. The highest BCUT2D eigenvalue weighted by Gasteiger charge is 2.33. The van der Waals surface area contributed by atoms with Crippen LogP contribution >= 0.6 is 23.2 Å². The molecule has 13 heteroatoms. The minimum absolute atomic E-state index is 0.0124. The summed E-state index contributed by atoms with van der Waals surface area (Å²) in [6.07, 6.45) is -1.98. The summed E-state index contributed by atoms with van der Waals surface area (Å²) < 4.78 is 63.6. The van der Waals surface area contributed by atoms with Crippen LogP contribution in [0.5, 0.6) is 0 Å². The molecule has 0 fully saturated rings. The van der Waals surface area contributed by atoms with E-state index in [-0.39, 0.29) is 12.5 Å². The molecule has 0 aliphatic carbocycles. The second-order valence-corrected chi connectivity index (χ2v) is 10.7. The molecule has 36 heavy (non-hydrogen) atoms. The normalized spacial score (nSPS) is 14.1. The highest BCUT2D eigenvalue weighted by molar-refractivity contribution is 7.91. The van der Waals surface area contributed by atoms with Crippen molar-refractivity contribution in [3.05, 3.63) is 75.3 Å². The third kappa shape index (κ3) is 7.22. The van der Waals surface area contributed by atoms with Gasteiger partial charge in [0, 0.05) is 38.3 Å². The Morgan fingerprint density at radius 2 is 1.83 bits per heavy atom. The lowest BCUT2D eigenvalue weighted by Gasteiger charge is -2.15. The van der Waals surface area contributed by atoms with Crippen LogP contribution in [0.2, 0.25) is 10.0 Å². The number of likely N-dealkylation sites (N-methyl/N-ethyl adjacent to an activating group) is 1. The van der Waals surface area contributed by atoms with Gasteiger partial charge in [0.1, 0.15) is 16.6 Å². The van der Waals surface area contributed by atoms with Crippen LogP contribution in [0, 0.1) is 0 Å². The SMILES string of the molecule is CN(Cc1ccc(C2=NCCN2)cc1)C(=O)/C=C/CNCS(=O)(=O)c1c(Cl)cc(C(F)(F)F)cc1Cl. The average molecular weight is 563 g/mol. The molecule has 194 valence electrons. The van der Waals surface area contributed by atoms with Crippen molar-refractivity contribution < 1.29 is 26.4 Å². The molecule has 0 atom stereocenters. The van der Waals surface area contributed by atoms with Crippen LogP contribution in [0.3, 0.4) is 0 Å². The van der Waals surface area contributed by atoms with Crippen LogP contribution in [0.1, 0.15) is 16.7 Å². The molecule has 7 nitrogen and oxygen atoms in total. The molecule has 0 aromatic heterocycles. The highest BCUT2D eigenvalue weighted by Crippen LogP contribution is 2.38. The molecule has 0 radical (unpaired) electrons. The summed E-state index contributed by atoms with van der Waals surface area (Å²) in [7, 11) is -2.50. The molecule has 3 rings (SSSR count). The Kier molecular flexibility index (Phi) is 9.04. The fraction of sp³-hybridized carbons (Fsp3) is 0.304. The van der Waals surface area contributed by atoms with Gasteiger partial charge < -0.3 is 10.2 Å². The molecule has 1 amide bonds. The number of halogens is 5. The topological polar surface area (TPSA) is 90.9 Å². The number of amidine groups is 1. The van der Waals surface area contributed by atoms with Gasteiger partial charge in [0.05, 0.1) is 22.2 Å². The molecule has 2 aromatic carbocycles. The Morgan fingerprint density at radius 3 is 2.39 bits per heavy atom. The highest BCUT2D eigenvalue weighted by atomic mass is 35.5. The van der Waals surface area contributed by atoms with Crippen molar-refractivity contribution in [2.24, 2.45) is 4.99 Å². The number of carbonyl (C=O) groups is 1. The molecule has 0 saturated heterocycles. The van der Waals surface area contributed by atoms with E-state index < -0.39 is 42.4 Å². The van der Waals surface area contributed by atoms with E-state index in [9.17, 15) is 26.4 Å². The van der Waals surface area contributed by atoms with Gasteiger partial charge in [0.25, 0.3) is 0 Å². The first-order valence-electron chi connectivity index (χ1n) is 10.7. The van der Waals surface area contributed by atoms with Crippen LogP contribution in [-0.4, -0.2) is 57.6 Å². The number of nitrogens with zero attached hydrogens (tertiary/aromatic N) is 2. The number of aliphatic imine (C=N–C) groups is 1. The van der Waals surface area contributed by atoms with Crippen molar-refractivity contribution in [1.82, 2.24) is 15.5 Å². The first-order valence-corrected chi connectivity index (χ1v) is 13.1. The monoisotopic (exact) mass is 562 g/mol. The second kappa shape index (κ2) is 11.6. The Balaban J connectivity index is 1.50. The predicted octanol–water partition coefficient (Wildman–Crippen LogP) is 3.90. The molecule has 2 aromatic rings. The summed E-state index contributed by atoms with van der Waals surface area (Å²) in [6.45, 7) is 1.95. The molecular weight excluding hydrogens is 540 g/mol. The molecule has 1 heterocycles. The molecule has 1 aliphatic rings. The van der Waals surface area contributed by atoms with Gasteiger partial charge >= 0.3 is 6.18 Å². The fourth-order valence-corrected chi connectivity index (χ4v) is 5.80. The molecule has 2 N–H and O–H groups in total. The van der Waals surface area contributed by atoms with Crippen LogP contribution in [0.4, 0.5) is 13.2 Å². The van der Waals surface area contributed by atoms with Crippen LogP contribution in [0.25, 0.3) is 0 Å². The van der Waals surface area contributed by atoms with E-state index in [1.165, 1.54) is 17.1 Å². The number of nitrogens with one attached hydrogen (secondary N) is 2. The lowest BCUT2D eigenvalue weighted by atomic mass is 10.1. The van der Waals surface area contributed by atoms with Gasteiger partial charge in [-0.2, -0.15) is 13.2 Å². The first-order chi connectivity index (χ1) is 16.9. The molecule has 0 bridgehead atoms. The molecular formula is C23H23Cl2F3N4O3S. The smallest absolute Gasteiger partial charge is 0.368 e. The van der Waals surface area contributed by atoms with Crippen molar-refractivity contribution in [3.8, 4) is 0 Å². The Hall–Kier alpha value is -2.60. The van der Waals surface area contributed by atoms with Crippen molar-refractivity contribution in [1.29, 1.82) is 0 Å². The summed E-state index contributed by atoms with van der Waals surface area (Å²) in [5.74, 6) is -0.0794. The summed E-state index contributed by atoms with van der Waals surface area (Å²) in [5.41, 5.74) is 0.757. The van der Waals surface area contributed by atoms with Crippen molar-refractivity contribution in [3.63, 3.8) is 0 Å². The number of alkyl halides is 3. The van der Waals surface area contributed by atoms with Gasteiger partial charge in [-0.1, -0.05) is 53.5 Å². The van der Waals surface area contributed by atoms with Crippen molar-refractivity contribution in [2.75, 3.05) is 32.6 Å². The lowest BCUT2D eigenvalue weighted by molar-refractivity contribution is -0.137. The van der Waals surface area contributed by atoms with Gasteiger partial charge in [-0.25, -0.2) is 8.42 Å². The number of hydrogen-bond acceptors (Lipinski definition) is 6. The first kappa shape index (κ1) is 28.0. The maximum atomic E-state index is 12.9. The van der Waals surface area contributed by atoms with E-state index in [4.69, 9.17) is 23.2 Å². The van der Waals surface area contributed by atoms with E-state index in [1.54, 1.807) is 7.05 Å². The van der Waals surface area contributed by atoms with E-state index in [0.29, 0.717) is 18.7 Å². The number of hydrogen-bond donors (Lipinski definition) is 2. The van der Waals surface area contributed by atoms with Gasteiger partial charge in [0.15, 0.2) is 9.84 Å². The maximum Gasteiger partial charge on any atom is 0.416 e. The second-order valence-electron chi connectivity index (χ2n) is 7.93. The van der Waals surface area contributed by atoms with E-state index >= 15 is 0 Å². The predicted molar refractivity (Wildman–Crippen MR) is 133 cm³/mol. The Morgan fingerprint density at radius 1 is 1.19 bits per heavy atom. The van der Waals surface area contributed by atoms with Gasteiger partial charge in [-0.05, 0) is 17.7 Å². The van der Waals surface area contributed by atoms with Gasteiger partial charge in [0.2, 0.25) is 5.91 Å². The quantitative estimate of drug-likeness (QED) is 0.357. The van der Waals surface area contributed by atoms with Gasteiger partial charge in [-0.15, -0.1) is 0 Å². The molecule has 0 unspecified atom stereocenters. The van der Waals surface area contributed by atoms with E-state index in [2.05, 4.69) is 15.6 Å². The number of carbonyl (C=O) groups excluding carboxylic acids is 1. The Labute approximate surface area is 216 Å². The molecule has 1 aliphatic heterocycles. The molecule has 0 spiro atoms. The fourth-order valence-electron chi connectivity index (χ4n) is 3.37. The molecule has 0 saturated carbocycles. The van der Waals surface area contributed by atoms with Crippen LogP contribution in [0.15, 0.2) is 58.4 Å². The number of amides is 1. The number of sulfone groups is 1. The zero-order valence-corrected chi connectivity index (χ0v) is 21.4. The van der Waals surface area contributed by atoms with Gasteiger partial charge in [-0.3, -0.25) is 15.1 Å². The maximum absolute atomic E-state index is 12.9. The summed E-state index contributed by atoms with van der Waals surface area (Å²) in [6, 6.07) is 8.72. The number of rotatable bonds is 9. The van der Waals surface area contributed by atoms with E-state index in [1.807, 2.05) is 24.3 Å². The lowest BCUT2D eigenvalue weighted by Crippen LogP contribution is -2.26. The number of benzene rings is 2. The van der Waals surface area contributed by atoms with Crippen molar-refractivity contribution in [2.45, 2.75) is 17.6 Å². The summed E-state index contributed by atoms with van der Waals surface area (Å²) >= 11 is 11.6. The standard InChI is InChI=1S/C23H23Cl2F3N4O3S/c1-32(13-15-4-6-16(7-5-15)22-30-9-10-31-22)20(33)3-2-8-29-14-36(34,35)21-18(24)11-17(12-19(21)25)23(26,27)28/h2-7,11-12,29H,8-10,13-14H2,1H3,(H,30,31)/b3-2+.